The van der Waals surface area contributed by atoms with Crippen LogP contribution >= 0.6 is 0 Å². The average molecular weight is 300 g/mol. The summed E-state index contributed by atoms with van der Waals surface area (Å²) in [6.45, 7) is 2.46. The van der Waals surface area contributed by atoms with Crippen LogP contribution in [0.1, 0.15) is 0 Å². The van der Waals surface area contributed by atoms with Crippen molar-refractivity contribution in [2.45, 2.75) is 11.0 Å². The van der Waals surface area contributed by atoms with E-state index in [0.717, 1.165) is 6.54 Å². The van der Waals surface area contributed by atoms with E-state index in [0.29, 0.717) is 19.0 Å². The van der Waals surface area contributed by atoms with E-state index in [1.807, 2.05) is 7.05 Å². The number of rotatable bonds is 5. The second kappa shape index (κ2) is 6.49. The largest absolute Gasteiger partial charge is 0.374 e. The lowest BCUT2D eigenvalue weighted by molar-refractivity contribution is -0.0156. The Balaban J connectivity index is 2.04. The summed E-state index contributed by atoms with van der Waals surface area (Å²) in [7, 11) is 0.0364. The van der Waals surface area contributed by atoms with Gasteiger partial charge in [0.2, 0.25) is 10.0 Å². The first kappa shape index (κ1) is 15.2. The molecule has 2 N–H and O–H groups in total. The second-order valence-electron chi connectivity index (χ2n) is 4.71. The Morgan fingerprint density at radius 2 is 2.35 bits per heavy atom. The van der Waals surface area contributed by atoms with Crippen LogP contribution in [0, 0.1) is 0 Å². The van der Waals surface area contributed by atoms with E-state index in [-0.39, 0.29) is 17.5 Å². The Morgan fingerprint density at radius 1 is 1.55 bits per heavy atom. The molecule has 1 atom stereocenters. The number of nitrogens with zero attached hydrogens (tertiary/aromatic N) is 2. The highest BCUT2D eigenvalue weighted by molar-refractivity contribution is 7.89. The summed E-state index contributed by atoms with van der Waals surface area (Å²) in [5.74, 6) is 0.335. The number of likely N-dealkylation sites (N-methyl/N-ethyl adjacent to an activating group) is 1. The average Bonchev–Trinajstić information content (AvgIpc) is 2.45. The molecule has 0 radical (unpaired) electrons. The van der Waals surface area contributed by atoms with Crippen molar-refractivity contribution in [2.24, 2.45) is 0 Å². The molecular weight excluding hydrogens is 280 g/mol. The zero-order valence-corrected chi connectivity index (χ0v) is 12.5. The molecule has 112 valence electrons. The zero-order valence-electron chi connectivity index (χ0n) is 11.7. The summed E-state index contributed by atoms with van der Waals surface area (Å²) < 4.78 is 32.7. The van der Waals surface area contributed by atoms with Crippen LogP contribution in [-0.4, -0.2) is 64.7 Å². The fraction of sp³-hybridized carbons (Fsp3) is 0.583. The van der Waals surface area contributed by atoms with Crippen LogP contribution in [0.5, 0.6) is 0 Å². The van der Waals surface area contributed by atoms with E-state index < -0.39 is 10.0 Å². The summed E-state index contributed by atoms with van der Waals surface area (Å²) in [6, 6.07) is 3.12. The highest BCUT2D eigenvalue weighted by Crippen LogP contribution is 2.17. The van der Waals surface area contributed by atoms with Gasteiger partial charge in [0.05, 0.1) is 12.7 Å². The Kier molecular flexibility index (Phi) is 4.92. The van der Waals surface area contributed by atoms with E-state index >= 15 is 0 Å². The second-order valence-corrected chi connectivity index (χ2v) is 6.44. The number of sulfonamides is 1. The third kappa shape index (κ3) is 3.66. The van der Waals surface area contributed by atoms with Gasteiger partial charge in [-0.05, 0) is 19.2 Å². The van der Waals surface area contributed by atoms with Gasteiger partial charge in [0.1, 0.15) is 10.7 Å². The molecule has 20 heavy (non-hydrogen) atoms. The number of hydrogen-bond donors (Lipinski definition) is 2. The van der Waals surface area contributed by atoms with Gasteiger partial charge in [-0.25, -0.2) is 18.1 Å². The maximum Gasteiger partial charge on any atom is 0.244 e. The minimum absolute atomic E-state index is 0.127. The van der Waals surface area contributed by atoms with Crippen molar-refractivity contribution in [3.8, 4) is 0 Å². The molecule has 1 unspecified atom stereocenters. The maximum atomic E-state index is 12.3. The van der Waals surface area contributed by atoms with Crippen molar-refractivity contribution in [1.82, 2.24) is 14.6 Å². The van der Waals surface area contributed by atoms with Gasteiger partial charge in [-0.15, -0.1) is 0 Å². The third-order valence-electron chi connectivity index (χ3n) is 3.14. The molecule has 1 saturated heterocycles. The van der Waals surface area contributed by atoms with E-state index in [4.69, 9.17) is 4.74 Å². The van der Waals surface area contributed by atoms with E-state index in [1.54, 1.807) is 19.3 Å². The smallest absolute Gasteiger partial charge is 0.244 e. The predicted molar refractivity (Wildman–Crippen MR) is 76.2 cm³/mol. The van der Waals surface area contributed by atoms with E-state index in [9.17, 15) is 8.42 Å². The molecule has 0 aliphatic carbocycles. The monoisotopic (exact) mass is 300 g/mol. The lowest BCUT2D eigenvalue weighted by Crippen LogP contribution is -2.45. The molecule has 0 amide bonds. The quantitative estimate of drug-likeness (QED) is 0.779. The fourth-order valence-electron chi connectivity index (χ4n) is 2.07. The molecule has 2 rings (SSSR count). The van der Waals surface area contributed by atoms with Crippen molar-refractivity contribution in [3.63, 3.8) is 0 Å². The standard InChI is InChI=1S/C12H20N4O3S/c1-13-12-11(4-3-5-14-12)20(17,18)15-8-10-9-16(2)6-7-19-10/h3-5,10,15H,6-9H2,1-2H3,(H,13,14). The van der Waals surface area contributed by atoms with Crippen LogP contribution in [0.25, 0.3) is 0 Å². The summed E-state index contributed by atoms with van der Waals surface area (Å²) in [4.78, 5) is 6.26. The van der Waals surface area contributed by atoms with Crippen molar-refractivity contribution in [1.29, 1.82) is 0 Å². The van der Waals surface area contributed by atoms with Crippen molar-refractivity contribution in [2.75, 3.05) is 45.7 Å². The molecule has 1 aromatic rings. The normalized spacial score (nSPS) is 20.8. The number of ether oxygens (including phenoxy) is 1. The molecule has 2 heterocycles. The number of anilines is 1. The number of morpholine rings is 1. The first-order valence-corrected chi connectivity index (χ1v) is 7.94. The van der Waals surface area contributed by atoms with Gasteiger partial charge >= 0.3 is 0 Å². The van der Waals surface area contributed by atoms with Crippen LogP contribution in [0.15, 0.2) is 23.2 Å². The minimum atomic E-state index is -3.59. The molecule has 1 aromatic heterocycles. The van der Waals surface area contributed by atoms with Crippen molar-refractivity contribution < 1.29 is 13.2 Å². The molecule has 1 aliphatic heterocycles. The Bertz CT molecular complexity index is 549. The van der Waals surface area contributed by atoms with Gasteiger partial charge in [-0.2, -0.15) is 0 Å². The van der Waals surface area contributed by atoms with Crippen LogP contribution in [0.4, 0.5) is 5.82 Å². The lowest BCUT2D eigenvalue weighted by atomic mass is 10.3. The summed E-state index contributed by atoms with van der Waals surface area (Å²) in [5, 5.41) is 2.78. The van der Waals surface area contributed by atoms with E-state index in [2.05, 4.69) is 19.9 Å². The number of pyridine rings is 1. The molecule has 0 bridgehead atoms. The van der Waals surface area contributed by atoms with Crippen LogP contribution in [-0.2, 0) is 14.8 Å². The molecule has 0 aromatic carbocycles. The maximum absolute atomic E-state index is 12.3. The molecule has 0 spiro atoms. The Hall–Kier alpha value is -1.22. The Labute approximate surface area is 119 Å². The minimum Gasteiger partial charge on any atom is -0.374 e. The summed E-state index contributed by atoms with van der Waals surface area (Å²) in [6.07, 6.45) is 1.42. The van der Waals surface area contributed by atoms with Gasteiger partial charge in [0, 0.05) is 32.9 Å². The lowest BCUT2D eigenvalue weighted by Gasteiger charge is -2.30. The molecule has 1 fully saturated rings. The van der Waals surface area contributed by atoms with Crippen LogP contribution < -0.4 is 10.0 Å². The van der Waals surface area contributed by atoms with Gasteiger partial charge < -0.3 is 15.0 Å². The number of nitrogens with one attached hydrogen (secondary N) is 2. The zero-order chi connectivity index (χ0) is 14.6. The van der Waals surface area contributed by atoms with Gasteiger partial charge in [-0.3, -0.25) is 0 Å². The summed E-state index contributed by atoms with van der Waals surface area (Å²) >= 11 is 0. The predicted octanol–water partition coefficient (Wildman–Crippen LogP) is -0.268. The first-order valence-electron chi connectivity index (χ1n) is 6.45. The SMILES string of the molecule is CNc1ncccc1S(=O)(=O)NCC1CN(C)CCO1. The summed E-state index contributed by atoms with van der Waals surface area (Å²) in [5.41, 5.74) is 0. The molecule has 8 heteroatoms. The topological polar surface area (TPSA) is 83.6 Å². The number of hydrogen-bond acceptors (Lipinski definition) is 6. The van der Waals surface area contributed by atoms with Gasteiger partial charge in [0.15, 0.2) is 0 Å². The van der Waals surface area contributed by atoms with Crippen molar-refractivity contribution in [3.05, 3.63) is 18.3 Å². The number of aromatic nitrogens is 1. The molecular formula is C12H20N4O3S. The molecule has 0 saturated carbocycles. The third-order valence-corrected chi connectivity index (χ3v) is 4.60. The molecule has 7 nitrogen and oxygen atoms in total. The highest BCUT2D eigenvalue weighted by Gasteiger charge is 2.23. The Morgan fingerprint density at radius 3 is 3.05 bits per heavy atom. The van der Waals surface area contributed by atoms with E-state index in [1.165, 1.54) is 6.07 Å². The fourth-order valence-corrected chi connectivity index (χ4v) is 3.29. The van der Waals surface area contributed by atoms with Gasteiger partial charge in [-0.1, -0.05) is 0 Å². The molecule has 1 aliphatic rings. The highest BCUT2D eigenvalue weighted by atomic mass is 32.2. The van der Waals surface area contributed by atoms with Crippen LogP contribution in [0.2, 0.25) is 0 Å². The van der Waals surface area contributed by atoms with Crippen molar-refractivity contribution >= 4 is 15.8 Å². The van der Waals surface area contributed by atoms with Crippen LogP contribution in [0.3, 0.4) is 0 Å². The van der Waals surface area contributed by atoms with Gasteiger partial charge in [0.25, 0.3) is 0 Å². The first-order chi connectivity index (χ1) is 9.53.